The molecule has 27 heavy (non-hydrogen) atoms. The van der Waals surface area contributed by atoms with Crippen LogP contribution in [0.5, 0.6) is 5.75 Å². The largest absolute Gasteiger partial charge is 0.497 e. The Morgan fingerprint density at radius 1 is 1.22 bits per heavy atom. The summed E-state index contributed by atoms with van der Waals surface area (Å²) in [5.41, 5.74) is 3.04. The lowest BCUT2D eigenvalue weighted by Crippen LogP contribution is -2.24. The third-order valence-corrected chi connectivity index (χ3v) is 4.90. The van der Waals surface area contributed by atoms with Crippen molar-refractivity contribution in [3.63, 3.8) is 0 Å². The van der Waals surface area contributed by atoms with Crippen molar-refractivity contribution >= 4 is 5.91 Å². The summed E-state index contributed by atoms with van der Waals surface area (Å²) in [7, 11) is 1.64. The van der Waals surface area contributed by atoms with Gasteiger partial charge in [0.05, 0.1) is 7.11 Å². The molecule has 0 spiro atoms. The standard InChI is InChI=1S/C21H21N3O3/c1-14-6-3-4-9-18(14)21-22-20(23-27-21)16-11-19(25)24(13-16)12-15-7-5-8-17(10-15)26-2/h3-10,16H,11-13H2,1-2H3. The van der Waals surface area contributed by atoms with Gasteiger partial charge in [-0.3, -0.25) is 4.79 Å². The van der Waals surface area contributed by atoms with E-state index < -0.39 is 0 Å². The highest BCUT2D eigenvalue weighted by molar-refractivity contribution is 5.79. The molecular weight excluding hydrogens is 342 g/mol. The molecule has 4 rings (SSSR count). The SMILES string of the molecule is COc1cccc(CN2CC(c3noc(-c4ccccc4C)n3)CC2=O)c1. The molecule has 1 atom stereocenters. The van der Waals surface area contributed by atoms with Gasteiger partial charge in [0.25, 0.3) is 5.89 Å². The lowest BCUT2D eigenvalue weighted by molar-refractivity contribution is -0.128. The third-order valence-electron chi connectivity index (χ3n) is 4.90. The van der Waals surface area contributed by atoms with Gasteiger partial charge in [0.1, 0.15) is 5.75 Å². The Labute approximate surface area is 157 Å². The molecule has 0 aliphatic carbocycles. The number of nitrogens with zero attached hydrogens (tertiary/aromatic N) is 3. The number of aromatic nitrogens is 2. The van der Waals surface area contributed by atoms with Gasteiger partial charge in [-0.05, 0) is 36.2 Å². The molecular formula is C21H21N3O3. The molecule has 0 radical (unpaired) electrons. The fraction of sp³-hybridized carbons (Fsp3) is 0.286. The Balaban J connectivity index is 1.49. The van der Waals surface area contributed by atoms with Crippen molar-refractivity contribution in [2.45, 2.75) is 25.8 Å². The average Bonchev–Trinajstić information content (AvgIpc) is 3.30. The summed E-state index contributed by atoms with van der Waals surface area (Å²) >= 11 is 0. The van der Waals surface area contributed by atoms with Gasteiger partial charge < -0.3 is 14.2 Å². The lowest BCUT2D eigenvalue weighted by atomic mass is 10.1. The summed E-state index contributed by atoms with van der Waals surface area (Å²) in [6.45, 7) is 3.14. The average molecular weight is 363 g/mol. The predicted molar refractivity (Wildman–Crippen MR) is 100 cm³/mol. The molecule has 1 saturated heterocycles. The van der Waals surface area contributed by atoms with Crippen molar-refractivity contribution in [2.75, 3.05) is 13.7 Å². The van der Waals surface area contributed by atoms with Crippen LogP contribution in [0.15, 0.2) is 53.1 Å². The van der Waals surface area contributed by atoms with Crippen LogP contribution in [-0.2, 0) is 11.3 Å². The molecule has 1 aliphatic rings. The lowest BCUT2D eigenvalue weighted by Gasteiger charge is -2.16. The monoisotopic (exact) mass is 363 g/mol. The molecule has 0 bridgehead atoms. The molecule has 2 aromatic carbocycles. The fourth-order valence-corrected chi connectivity index (χ4v) is 3.41. The first-order chi connectivity index (χ1) is 13.1. The smallest absolute Gasteiger partial charge is 0.258 e. The van der Waals surface area contributed by atoms with Gasteiger partial charge in [-0.15, -0.1) is 0 Å². The van der Waals surface area contributed by atoms with Gasteiger partial charge in [0, 0.05) is 31.0 Å². The summed E-state index contributed by atoms with van der Waals surface area (Å²) in [5, 5.41) is 4.13. The van der Waals surface area contributed by atoms with Crippen molar-refractivity contribution in [1.82, 2.24) is 15.0 Å². The molecule has 2 heterocycles. The Morgan fingerprint density at radius 2 is 2.07 bits per heavy atom. The zero-order valence-electron chi connectivity index (χ0n) is 15.4. The van der Waals surface area contributed by atoms with Crippen LogP contribution in [0.4, 0.5) is 0 Å². The van der Waals surface area contributed by atoms with E-state index in [-0.39, 0.29) is 11.8 Å². The molecule has 0 saturated carbocycles. The van der Waals surface area contributed by atoms with Crippen LogP contribution in [0, 0.1) is 6.92 Å². The van der Waals surface area contributed by atoms with Gasteiger partial charge in [-0.1, -0.05) is 35.5 Å². The highest BCUT2D eigenvalue weighted by Gasteiger charge is 2.33. The number of methoxy groups -OCH3 is 1. The summed E-state index contributed by atoms with van der Waals surface area (Å²) < 4.78 is 10.7. The van der Waals surface area contributed by atoms with Crippen molar-refractivity contribution in [2.24, 2.45) is 0 Å². The third kappa shape index (κ3) is 3.56. The van der Waals surface area contributed by atoms with E-state index in [0.29, 0.717) is 31.2 Å². The summed E-state index contributed by atoms with van der Waals surface area (Å²) in [6.07, 6.45) is 0.400. The van der Waals surface area contributed by atoms with Crippen LogP contribution < -0.4 is 4.74 Å². The van der Waals surface area contributed by atoms with Gasteiger partial charge >= 0.3 is 0 Å². The maximum Gasteiger partial charge on any atom is 0.258 e. The highest BCUT2D eigenvalue weighted by atomic mass is 16.5. The number of carbonyl (C=O) groups excluding carboxylic acids is 1. The molecule has 138 valence electrons. The van der Waals surface area contributed by atoms with E-state index in [1.54, 1.807) is 7.11 Å². The molecule has 1 fully saturated rings. The molecule has 1 unspecified atom stereocenters. The Morgan fingerprint density at radius 3 is 2.89 bits per heavy atom. The van der Waals surface area contributed by atoms with Crippen molar-refractivity contribution in [1.29, 1.82) is 0 Å². The first-order valence-corrected chi connectivity index (χ1v) is 8.94. The summed E-state index contributed by atoms with van der Waals surface area (Å²) in [6, 6.07) is 15.7. The highest BCUT2D eigenvalue weighted by Crippen LogP contribution is 2.30. The quantitative estimate of drug-likeness (QED) is 0.693. The topological polar surface area (TPSA) is 68.5 Å². The Bertz CT molecular complexity index is 967. The number of hydrogen-bond donors (Lipinski definition) is 0. The molecule has 1 aliphatic heterocycles. The van der Waals surface area contributed by atoms with E-state index in [2.05, 4.69) is 10.1 Å². The van der Waals surface area contributed by atoms with Crippen LogP contribution in [0.1, 0.15) is 29.3 Å². The fourth-order valence-electron chi connectivity index (χ4n) is 3.41. The second kappa shape index (κ2) is 7.23. The normalized spacial score (nSPS) is 16.7. The minimum Gasteiger partial charge on any atom is -0.497 e. The van der Waals surface area contributed by atoms with Gasteiger partial charge in [0.15, 0.2) is 5.82 Å². The van der Waals surface area contributed by atoms with E-state index in [0.717, 1.165) is 22.4 Å². The summed E-state index contributed by atoms with van der Waals surface area (Å²) in [4.78, 5) is 18.8. The second-order valence-corrected chi connectivity index (χ2v) is 6.80. The maximum absolute atomic E-state index is 12.5. The minimum absolute atomic E-state index is 0.0513. The van der Waals surface area contributed by atoms with E-state index >= 15 is 0 Å². The Hall–Kier alpha value is -3.15. The molecule has 6 heteroatoms. The number of benzene rings is 2. The van der Waals surface area contributed by atoms with Crippen molar-refractivity contribution in [3.05, 3.63) is 65.5 Å². The first-order valence-electron chi connectivity index (χ1n) is 8.94. The van der Waals surface area contributed by atoms with Gasteiger partial charge in [-0.25, -0.2) is 0 Å². The Kier molecular flexibility index (Phi) is 4.62. The van der Waals surface area contributed by atoms with Crippen molar-refractivity contribution in [3.8, 4) is 17.2 Å². The van der Waals surface area contributed by atoms with Gasteiger partial charge in [-0.2, -0.15) is 4.98 Å². The van der Waals surface area contributed by atoms with Crippen LogP contribution in [0.25, 0.3) is 11.5 Å². The maximum atomic E-state index is 12.5. The first kappa shape index (κ1) is 17.3. The zero-order valence-corrected chi connectivity index (χ0v) is 15.4. The van der Waals surface area contributed by atoms with Gasteiger partial charge in [0.2, 0.25) is 5.91 Å². The number of likely N-dealkylation sites (tertiary alicyclic amines) is 1. The molecule has 1 aromatic heterocycles. The zero-order chi connectivity index (χ0) is 18.8. The van der Waals surface area contributed by atoms with Crippen LogP contribution in [-0.4, -0.2) is 34.6 Å². The van der Waals surface area contributed by atoms with E-state index in [1.807, 2.05) is 60.4 Å². The molecule has 1 amide bonds. The molecule has 3 aromatic rings. The van der Waals surface area contributed by atoms with Crippen LogP contribution in [0.3, 0.4) is 0 Å². The molecule has 0 N–H and O–H groups in total. The second-order valence-electron chi connectivity index (χ2n) is 6.80. The van der Waals surface area contributed by atoms with Crippen LogP contribution >= 0.6 is 0 Å². The van der Waals surface area contributed by atoms with Crippen LogP contribution in [0.2, 0.25) is 0 Å². The summed E-state index contributed by atoms with van der Waals surface area (Å²) in [5.74, 6) is 1.93. The number of amides is 1. The number of carbonyl (C=O) groups is 1. The number of ether oxygens (including phenoxy) is 1. The predicted octanol–water partition coefficient (Wildman–Crippen LogP) is 3.57. The minimum atomic E-state index is -0.0513. The van der Waals surface area contributed by atoms with E-state index in [1.165, 1.54) is 0 Å². The number of hydrogen-bond acceptors (Lipinski definition) is 5. The van der Waals surface area contributed by atoms with E-state index in [4.69, 9.17) is 9.26 Å². The number of aryl methyl sites for hydroxylation is 1. The van der Waals surface area contributed by atoms with E-state index in [9.17, 15) is 4.79 Å². The number of rotatable bonds is 5. The van der Waals surface area contributed by atoms with Crippen molar-refractivity contribution < 1.29 is 14.1 Å². The molecule has 6 nitrogen and oxygen atoms in total.